The summed E-state index contributed by atoms with van der Waals surface area (Å²) >= 11 is 1.31. The normalized spacial score (nSPS) is 22.8. The fourth-order valence-electron chi connectivity index (χ4n) is 1.39. The maximum absolute atomic E-state index is 10.9. The summed E-state index contributed by atoms with van der Waals surface area (Å²) in [7, 11) is 0. The van der Waals surface area contributed by atoms with Crippen molar-refractivity contribution in [3.05, 3.63) is 29.8 Å². The Bertz CT molecular complexity index is 478. The zero-order valence-corrected chi connectivity index (χ0v) is 12.5. The number of aliphatic carboxylic acids is 1. The van der Waals surface area contributed by atoms with E-state index in [1.165, 1.54) is 18.7 Å². The molecule has 0 bridgehead atoms. The van der Waals surface area contributed by atoms with E-state index in [2.05, 4.69) is 4.99 Å². The van der Waals surface area contributed by atoms with Crippen LogP contribution in [0.1, 0.15) is 12.5 Å². The second kappa shape index (κ2) is 5.44. The van der Waals surface area contributed by atoms with Gasteiger partial charge in [0.2, 0.25) is 0 Å². The SMILES string of the molecule is C[C@]1(C(=O)[O-])CSC(c2ccccc2O)=N1.[Na+]. The Hall–Kier alpha value is -0.490. The summed E-state index contributed by atoms with van der Waals surface area (Å²) in [5.74, 6) is -0.749. The minimum Gasteiger partial charge on any atom is -0.547 e. The first kappa shape index (κ1) is 14.6. The summed E-state index contributed by atoms with van der Waals surface area (Å²) in [6.07, 6.45) is 0. The van der Waals surface area contributed by atoms with E-state index in [-0.39, 0.29) is 35.3 Å². The van der Waals surface area contributed by atoms with Crippen molar-refractivity contribution in [2.75, 3.05) is 5.75 Å². The summed E-state index contributed by atoms with van der Waals surface area (Å²) in [4.78, 5) is 15.0. The number of aromatic hydroxyl groups is 1. The van der Waals surface area contributed by atoms with Crippen molar-refractivity contribution in [3.63, 3.8) is 0 Å². The third kappa shape index (κ3) is 2.85. The molecule has 0 amide bonds. The first-order valence-corrected chi connectivity index (χ1v) is 5.74. The summed E-state index contributed by atoms with van der Waals surface area (Å²) in [5.41, 5.74) is -0.625. The third-order valence-corrected chi connectivity index (χ3v) is 3.70. The number of hydrogen-bond acceptors (Lipinski definition) is 5. The number of aliphatic imine (C=N–C) groups is 1. The van der Waals surface area contributed by atoms with Gasteiger partial charge in [0.05, 0.1) is 5.97 Å². The molecule has 0 unspecified atom stereocenters. The predicted molar refractivity (Wildman–Crippen MR) is 60.5 cm³/mol. The molecule has 17 heavy (non-hydrogen) atoms. The van der Waals surface area contributed by atoms with Gasteiger partial charge in [0.25, 0.3) is 0 Å². The Kier molecular flexibility index (Phi) is 4.66. The molecule has 0 fully saturated rings. The summed E-state index contributed by atoms with van der Waals surface area (Å²) in [6, 6.07) is 6.74. The van der Waals surface area contributed by atoms with Gasteiger partial charge < -0.3 is 15.0 Å². The second-order valence-electron chi connectivity index (χ2n) is 3.78. The van der Waals surface area contributed by atoms with Crippen molar-refractivity contribution >= 4 is 22.8 Å². The van der Waals surface area contributed by atoms with Gasteiger partial charge in [0.1, 0.15) is 16.3 Å². The smallest absolute Gasteiger partial charge is 0.547 e. The van der Waals surface area contributed by atoms with E-state index in [4.69, 9.17) is 0 Å². The maximum Gasteiger partial charge on any atom is 1.00 e. The molecule has 4 nitrogen and oxygen atoms in total. The molecule has 0 aromatic heterocycles. The van der Waals surface area contributed by atoms with Crippen LogP contribution in [-0.4, -0.2) is 27.4 Å². The molecule has 2 rings (SSSR count). The number of rotatable bonds is 2. The van der Waals surface area contributed by atoms with Crippen molar-refractivity contribution in [2.24, 2.45) is 4.99 Å². The number of carboxylic acids is 1. The summed E-state index contributed by atoms with van der Waals surface area (Å²) in [6.45, 7) is 1.52. The van der Waals surface area contributed by atoms with E-state index in [1.54, 1.807) is 24.3 Å². The minimum absolute atomic E-state index is 0. The Morgan fingerprint density at radius 1 is 1.53 bits per heavy atom. The molecule has 1 N–H and O–H groups in total. The molecule has 1 aliphatic rings. The standard InChI is InChI=1S/C11H11NO3S.Na/c1-11(10(14)15)6-16-9(12-11)7-4-2-3-5-8(7)13;/h2-5,13H,6H2,1H3,(H,14,15);/q;+1/p-1/t11-;/m1./s1. The van der Waals surface area contributed by atoms with Crippen molar-refractivity contribution in [1.29, 1.82) is 0 Å². The van der Waals surface area contributed by atoms with Crippen LogP contribution in [0.25, 0.3) is 0 Å². The zero-order chi connectivity index (χ0) is 11.8. The molecule has 1 aromatic carbocycles. The number of thioether (sulfide) groups is 1. The van der Waals surface area contributed by atoms with Gasteiger partial charge in [-0.1, -0.05) is 12.1 Å². The van der Waals surface area contributed by atoms with Gasteiger partial charge in [-0.3, -0.25) is 4.99 Å². The molecule has 1 heterocycles. The van der Waals surface area contributed by atoms with Crippen LogP contribution < -0.4 is 34.7 Å². The van der Waals surface area contributed by atoms with E-state index in [0.29, 0.717) is 16.4 Å². The van der Waals surface area contributed by atoms with Crippen LogP contribution in [0.4, 0.5) is 0 Å². The Balaban J connectivity index is 0.00000144. The molecule has 1 aromatic rings. The van der Waals surface area contributed by atoms with Crippen LogP contribution in [0.15, 0.2) is 29.3 Å². The fourth-order valence-corrected chi connectivity index (χ4v) is 2.59. The third-order valence-electron chi connectivity index (χ3n) is 2.41. The Morgan fingerprint density at radius 2 is 2.18 bits per heavy atom. The van der Waals surface area contributed by atoms with E-state index >= 15 is 0 Å². The second-order valence-corrected chi connectivity index (χ2v) is 4.75. The molecule has 0 aliphatic carbocycles. The number of carbonyl (C=O) groups is 1. The van der Waals surface area contributed by atoms with Gasteiger partial charge in [-0.05, 0) is 19.1 Å². The zero-order valence-electron chi connectivity index (χ0n) is 9.64. The average molecular weight is 259 g/mol. The number of carboxylic acid groups (broad SMARTS) is 1. The largest absolute Gasteiger partial charge is 1.00 e. The monoisotopic (exact) mass is 259 g/mol. The average Bonchev–Trinajstić information content (AvgIpc) is 2.63. The molecule has 0 saturated heterocycles. The van der Waals surface area contributed by atoms with Crippen LogP contribution in [0.2, 0.25) is 0 Å². The first-order chi connectivity index (χ1) is 7.53. The molecule has 0 spiro atoms. The molecule has 0 saturated carbocycles. The number of phenols is 1. The molecular formula is C11H10NNaO3S. The van der Waals surface area contributed by atoms with Crippen LogP contribution in [0.3, 0.4) is 0 Å². The first-order valence-electron chi connectivity index (χ1n) is 4.75. The van der Waals surface area contributed by atoms with E-state index in [9.17, 15) is 15.0 Å². The number of phenolic OH excluding ortho intramolecular Hbond substituents is 1. The quantitative estimate of drug-likeness (QED) is 0.591. The van der Waals surface area contributed by atoms with Crippen LogP contribution in [0, 0.1) is 0 Å². The van der Waals surface area contributed by atoms with Gasteiger partial charge in [-0.25, -0.2) is 0 Å². The molecule has 0 radical (unpaired) electrons. The predicted octanol–water partition coefficient (Wildman–Crippen LogP) is -2.60. The molecular weight excluding hydrogens is 249 g/mol. The molecule has 84 valence electrons. The van der Waals surface area contributed by atoms with E-state index in [0.717, 1.165) is 0 Å². The van der Waals surface area contributed by atoms with Gasteiger partial charge in [-0.2, -0.15) is 0 Å². The van der Waals surface area contributed by atoms with Crippen molar-refractivity contribution in [2.45, 2.75) is 12.5 Å². The summed E-state index contributed by atoms with van der Waals surface area (Å²) < 4.78 is 0. The number of para-hydroxylation sites is 1. The van der Waals surface area contributed by atoms with E-state index in [1.807, 2.05) is 0 Å². The van der Waals surface area contributed by atoms with Gasteiger partial charge >= 0.3 is 29.6 Å². The summed E-state index contributed by atoms with van der Waals surface area (Å²) in [5, 5.41) is 21.1. The van der Waals surface area contributed by atoms with Gasteiger partial charge in [0, 0.05) is 11.3 Å². The number of benzene rings is 1. The minimum atomic E-state index is -1.19. The number of nitrogens with zero attached hydrogens (tertiary/aromatic N) is 1. The van der Waals surface area contributed by atoms with E-state index < -0.39 is 11.5 Å². The van der Waals surface area contributed by atoms with Crippen molar-refractivity contribution < 1.29 is 44.6 Å². The fraction of sp³-hybridized carbons (Fsp3) is 0.273. The topological polar surface area (TPSA) is 72.7 Å². The number of hydrogen-bond donors (Lipinski definition) is 1. The molecule has 1 aliphatic heterocycles. The van der Waals surface area contributed by atoms with Crippen molar-refractivity contribution in [3.8, 4) is 5.75 Å². The van der Waals surface area contributed by atoms with Crippen LogP contribution in [0.5, 0.6) is 5.75 Å². The molecule has 6 heteroatoms. The van der Waals surface area contributed by atoms with Gasteiger partial charge in [0.15, 0.2) is 0 Å². The maximum atomic E-state index is 10.9. The molecule has 1 atom stereocenters. The number of carbonyl (C=O) groups excluding carboxylic acids is 1. The Morgan fingerprint density at radius 3 is 2.71 bits per heavy atom. The van der Waals surface area contributed by atoms with Crippen molar-refractivity contribution in [1.82, 2.24) is 0 Å². The Labute approximate surface area is 125 Å². The van der Waals surface area contributed by atoms with Crippen LogP contribution >= 0.6 is 11.8 Å². The van der Waals surface area contributed by atoms with Crippen LogP contribution in [-0.2, 0) is 4.79 Å². The van der Waals surface area contributed by atoms with Gasteiger partial charge in [-0.15, -0.1) is 11.8 Å².